The Bertz CT molecular complexity index is 533. The number of nitro benzene ring substituents is 1. The Hall–Kier alpha value is -2.21. The number of nitrogens with zero attached hydrogens (tertiary/aromatic N) is 2. The summed E-state index contributed by atoms with van der Waals surface area (Å²) in [4.78, 5) is 17.5. The van der Waals surface area contributed by atoms with Crippen LogP contribution in [0.3, 0.4) is 0 Å². The number of imidazole rings is 1. The van der Waals surface area contributed by atoms with Crippen molar-refractivity contribution in [3.8, 4) is 11.4 Å². The van der Waals surface area contributed by atoms with Crippen LogP contribution in [0.5, 0.6) is 0 Å². The number of aromatic amines is 1. The van der Waals surface area contributed by atoms with Gasteiger partial charge in [0.2, 0.25) is 0 Å². The maximum absolute atomic E-state index is 10.5. The topological polar surface area (TPSA) is 97.8 Å². The van der Waals surface area contributed by atoms with Crippen molar-refractivity contribution >= 4 is 5.69 Å². The fourth-order valence-corrected chi connectivity index (χ4v) is 1.67. The fourth-order valence-electron chi connectivity index (χ4n) is 1.67. The largest absolute Gasteiger partial charge is 0.342 e. The van der Waals surface area contributed by atoms with Gasteiger partial charge in [-0.1, -0.05) is 0 Å². The smallest absolute Gasteiger partial charge is 0.269 e. The number of non-ortho nitro benzene ring substituents is 1. The van der Waals surface area contributed by atoms with E-state index in [1.54, 1.807) is 18.3 Å². The Kier molecular flexibility index (Phi) is 3.69. The van der Waals surface area contributed by atoms with E-state index in [2.05, 4.69) is 9.97 Å². The summed E-state index contributed by atoms with van der Waals surface area (Å²) in [6, 6.07) is 6.31. The Balaban J connectivity index is 2.15. The second-order valence-electron chi connectivity index (χ2n) is 3.95. The van der Waals surface area contributed by atoms with Gasteiger partial charge in [0, 0.05) is 29.6 Å². The van der Waals surface area contributed by atoms with Crippen molar-refractivity contribution in [1.82, 2.24) is 9.97 Å². The van der Waals surface area contributed by atoms with Gasteiger partial charge in [0.1, 0.15) is 5.82 Å². The minimum atomic E-state index is -0.418. The highest BCUT2D eigenvalue weighted by molar-refractivity contribution is 5.57. The maximum atomic E-state index is 10.5. The molecular formula is C12H14N4O2. The normalized spacial score (nSPS) is 10.5. The molecule has 6 nitrogen and oxygen atoms in total. The lowest BCUT2D eigenvalue weighted by molar-refractivity contribution is -0.384. The molecule has 0 amide bonds. The molecule has 0 saturated heterocycles. The van der Waals surface area contributed by atoms with Crippen molar-refractivity contribution in [3.63, 3.8) is 0 Å². The summed E-state index contributed by atoms with van der Waals surface area (Å²) in [5, 5.41) is 10.5. The second-order valence-corrected chi connectivity index (χ2v) is 3.95. The molecular weight excluding hydrogens is 232 g/mol. The lowest BCUT2D eigenvalue weighted by Crippen LogP contribution is -2.00. The van der Waals surface area contributed by atoms with Crippen LogP contribution in [0.15, 0.2) is 30.5 Å². The average molecular weight is 246 g/mol. The first-order valence-corrected chi connectivity index (χ1v) is 5.69. The molecule has 6 heteroatoms. The van der Waals surface area contributed by atoms with E-state index in [9.17, 15) is 10.1 Å². The van der Waals surface area contributed by atoms with Crippen LogP contribution in [0.25, 0.3) is 11.4 Å². The number of aryl methyl sites for hydroxylation is 1. The first kappa shape index (κ1) is 12.3. The molecule has 0 radical (unpaired) electrons. The van der Waals surface area contributed by atoms with Gasteiger partial charge >= 0.3 is 0 Å². The van der Waals surface area contributed by atoms with Crippen LogP contribution in [-0.2, 0) is 6.42 Å². The molecule has 0 saturated carbocycles. The molecule has 0 bridgehead atoms. The summed E-state index contributed by atoms with van der Waals surface area (Å²) < 4.78 is 0. The SMILES string of the molecule is NCCCc1cnc(-c2ccc([N+](=O)[O-])cc2)[nH]1. The summed E-state index contributed by atoms with van der Waals surface area (Å²) in [5.74, 6) is 0.719. The van der Waals surface area contributed by atoms with E-state index < -0.39 is 4.92 Å². The number of benzene rings is 1. The third kappa shape index (κ3) is 2.72. The summed E-state index contributed by atoms with van der Waals surface area (Å²) in [6.07, 6.45) is 3.53. The summed E-state index contributed by atoms with van der Waals surface area (Å²) in [7, 11) is 0. The van der Waals surface area contributed by atoms with E-state index in [0.717, 1.165) is 29.9 Å². The van der Waals surface area contributed by atoms with Crippen molar-refractivity contribution in [3.05, 3.63) is 46.3 Å². The van der Waals surface area contributed by atoms with Gasteiger partial charge in [-0.15, -0.1) is 0 Å². The molecule has 2 rings (SSSR count). The summed E-state index contributed by atoms with van der Waals surface area (Å²) >= 11 is 0. The van der Waals surface area contributed by atoms with Crippen molar-refractivity contribution in [2.45, 2.75) is 12.8 Å². The highest BCUT2D eigenvalue weighted by Gasteiger charge is 2.07. The van der Waals surface area contributed by atoms with E-state index in [0.29, 0.717) is 6.54 Å². The standard InChI is InChI=1S/C12H14N4O2/c13-7-1-2-10-8-14-12(15-10)9-3-5-11(6-4-9)16(17)18/h3-6,8H,1-2,7,13H2,(H,14,15). The Morgan fingerprint density at radius 3 is 2.67 bits per heavy atom. The number of nitro groups is 1. The number of H-pyrrole nitrogens is 1. The minimum Gasteiger partial charge on any atom is -0.342 e. The van der Waals surface area contributed by atoms with Gasteiger partial charge in [0.05, 0.1) is 4.92 Å². The van der Waals surface area contributed by atoms with Crippen LogP contribution in [-0.4, -0.2) is 21.4 Å². The molecule has 2 aromatic rings. The van der Waals surface area contributed by atoms with Gasteiger partial charge in [0.15, 0.2) is 0 Å². The van der Waals surface area contributed by atoms with Gasteiger partial charge in [0.25, 0.3) is 5.69 Å². The molecule has 0 unspecified atom stereocenters. The molecule has 1 aromatic heterocycles. The molecule has 94 valence electrons. The third-order valence-electron chi connectivity index (χ3n) is 2.63. The monoisotopic (exact) mass is 246 g/mol. The number of nitrogens with two attached hydrogens (primary N) is 1. The predicted octanol–water partition coefficient (Wildman–Crippen LogP) is 1.88. The number of hydrogen-bond donors (Lipinski definition) is 2. The molecule has 3 N–H and O–H groups in total. The van der Waals surface area contributed by atoms with Gasteiger partial charge < -0.3 is 10.7 Å². The lowest BCUT2D eigenvalue weighted by Gasteiger charge is -1.97. The van der Waals surface area contributed by atoms with E-state index in [4.69, 9.17) is 5.73 Å². The van der Waals surface area contributed by atoms with Crippen molar-refractivity contribution in [1.29, 1.82) is 0 Å². The van der Waals surface area contributed by atoms with Crippen LogP contribution in [0.1, 0.15) is 12.1 Å². The molecule has 18 heavy (non-hydrogen) atoms. The van der Waals surface area contributed by atoms with Crippen molar-refractivity contribution in [2.75, 3.05) is 6.54 Å². The van der Waals surface area contributed by atoms with Crippen LogP contribution in [0.4, 0.5) is 5.69 Å². The fraction of sp³-hybridized carbons (Fsp3) is 0.250. The van der Waals surface area contributed by atoms with Gasteiger partial charge in [-0.2, -0.15) is 0 Å². The number of nitrogens with one attached hydrogen (secondary N) is 1. The van der Waals surface area contributed by atoms with Crippen molar-refractivity contribution in [2.24, 2.45) is 5.73 Å². The Labute approximate surface area is 104 Å². The van der Waals surface area contributed by atoms with Crippen molar-refractivity contribution < 1.29 is 4.92 Å². The van der Waals surface area contributed by atoms with E-state index in [1.807, 2.05) is 0 Å². The number of rotatable bonds is 5. The first-order valence-electron chi connectivity index (χ1n) is 5.69. The van der Waals surface area contributed by atoms with E-state index >= 15 is 0 Å². The molecule has 0 fully saturated rings. The molecule has 0 aliphatic rings. The zero-order valence-corrected chi connectivity index (χ0v) is 9.80. The zero-order valence-electron chi connectivity index (χ0n) is 9.80. The number of hydrogen-bond acceptors (Lipinski definition) is 4. The van der Waals surface area contributed by atoms with E-state index in [-0.39, 0.29) is 5.69 Å². The minimum absolute atomic E-state index is 0.0775. The van der Waals surface area contributed by atoms with E-state index in [1.165, 1.54) is 12.1 Å². The van der Waals surface area contributed by atoms with Gasteiger partial charge in [-0.3, -0.25) is 10.1 Å². The van der Waals surface area contributed by atoms with Crippen LogP contribution in [0.2, 0.25) is 0 Å². The van der Waals surface area contributed by atoms with Gasteiger partial charge in [-0.05, 0) is 31.5 Å². The highest BCUT2D eigenvalue weighted by atomic mass is 16.6. The molecule has 0 aliphatic heterocycles. The second kappa shape index (κ2) is 5.42. The maximum Gasteiger partial charge on any atom is 0.269 e. The average Bonchev–Trinajstić information content (AvgIpc) is 2.85. The lowest BCUT2D eigenvalue weighted by atomic mass is 10.2. The summed E-state index contributed by atoms with van der Waals surface area (Å²) in [6.45, 7) is 0.645. The molecule has 0 aliphatic carbocycles. The molecule has 1 aromatic carbocycles. The summed E-state index contributed by atoms with van der Waals surface area (Å²) in [5.41, 5.74) is 7.37. The molecule has 1 heterocycles. The first-order chi connectivity index (χ1) is 8.70. The van der Waals surface area contributed by atoms with Crippen LogP contribution in [0, 0.1) is 10.1 Å². The van der Waals surface area contributed by atoms with Gasteiger partial charge in [-0.25, -0.2) is 4.98 Å². The highest BCUT2D eigenvalue weighted by Crippen LogP contribution is 2.19. The van der Waals surface area contributed by atoms with Crippen LogP contribution < -0.4 is 5.73 Å². The Morgan fingerprint density at radius 2 is 2.06 bits per heavy atom. The Morgan fingerprint density at radius 1 is 1.33 bits per heavy atom. The third-order valence-corrected chi connectivity index (χ3v) is 2.63. The molecule has 0 spiro atoms. The quantitative estimate of drug-likeness (QED) is 0.621. The zero-order chi connectivity index (χ0) is 13.0. The van der Waals surface area contributed by atoms with Crippen LogP contribution >= 0.6 is 0 Å². The number of aromatic nitrogens is 2. The molecule has 0 atom stereocenters. The predicted molar refractivity (Wildman–Crippen MR) is 68.1 cm³/mol.